The summed E-state index contributed by atoms with van der Waals surface area (Å²) in [5.74, 6) is 0.0547. The second-order valence-corrected chi connectivity index (χ2v) is 6.46. The molecule has 19 heavy (non-hydrogen) atoms. The van der Waals surface area contributed by atoms with Gasteiger partial charge < -0.3 is 5.32 Å². The lowest BCUT2D eigenvalue weighted by atomic mass is 9.88. The van der Waals surface area contributed by atoms with Gasteiger partial charge in [-0.05, 0) is 44.2 Å². The highest BCUT2D eigenvalue weighted by molar-refractivity contribution is 9.09. The van der Waals surface area contributed by atoms with Crippen LogP contribution in [0.5, 0.6) is 0 Å². The maximum Gasteiger partial charge on any atom is 0.251 e. The van der Waals surface area contributed by atoms with Crippen LogP contribution in [0.2, 0.25) is 0 Å². The van der Waals surface area contributed by atoms with Gasteiger partial charge in [-0.3, -0.25) is 4.79 Å². The minimum absolute atomic E-state index is 0.0547. The smallest absolute Gasteiger partial charge is 0.251 e. The van der Waals surface area contributed by atoms with Gasteiger partial charge in [-0.15, -0.1) is 0 Å². The number of nitrogens with one attached hydrogen (secondary N) is 1. The number of carbonyl (C=O) groups is 1. The highest BCUT2D eigenvalue weighted by Gasteiger charge is 2.33. The lowest BCUT2D eigenvalue weighted by Crippen LogP contribution is -2.37. The number of benzene rings is 1. The van der Waals surface area contributed by atoms with Crippen molar-refractivity contribution in [1.29, 1.82) is 0 Å². The first-order valence-corrected chi connectivity index (χ1v) is 8.09. The third kappa shape index (κ3) is 3.59. The van der Waals surface area contributed by atoms with Crippen molar-refractivity contribution in [1.82, 2.24) is 5.32 Å². The lowest BCUT2D eigenvalue weighted by Gasteiger charge is -2.26. The Morgan fingerprint density at radius 2 is 1.79 bits per heavy atom. The van der Waals surface area contributed by atoms with Gasteiger partial charge in [0, 0.05) is 17.4 Å². The van der Waals surface area contributed by atoms with Crippen molar-refractivity contribution in [2.24, 2.45) is 5.41 Å². The number of hydrogen-bond acceptors (Lipinski definition) is 1. The first-order valence-electron chi connectivity index (χ1n) is 6.97. The average molecular weight is 324 g/mol. The van der Waals surface area contributed by atoms with E-state index in [0.29, 0.717) is 0 Å². The second kappa shape index (κ2) is 6.08. The molecule has 3 heteroatoms. The zero-order valence-corrected chi connectivity index (χ0v) is 13.3. The van der Waals surface area contributed by atoms with E-state index in [2.05, 4.69) is 27.3 Å². The number of carbonyl (C=O) groups excluding carboxylic acids is 1. The lowest BCUT2D eigenvalue weighted by molar-refractivity contribution is 0.0935. The van der Waals surface area contributed by atoms with Gasteiger partial charge in [0.25, 0.3) is 5.91 Å². The summed E-state index contributed by atoms with van der Waals surface area (Å²) < 4.78 is 0. The van der Waals surface area contributed by atoms with Crippen LogP contribution in [-0.2, 0) is 0 Å². The fraction of sp³-hybridized carbons (Fsp3) is 0.562. The Bertz CT molecular complexity index is 444. The van der Waals surface area contributed by atoms with E-state index in [-0.39, 0.29) is 11.3 Å². The van der Waals surface area contributed by atoms with Crippen LogP contribution < -0.4 is 5.32 Å². The molecule has 1 aromatic rings. The topological polar surface area (TPSA) is 29.1 Å². The summed E-state index contributed by atoms with van der Waals surface area (Å²) in [6.07, 6.45) is 4.99. The minimum atomic E-state index is 0.0547. The first kappa shape index (κ1) is 14.6. The summed E-state index contributed by atoms with van der Waals surface area (Å²) in [6.45, 7) is 4.84. The van der Waals surface area contributed by atoms with Crippen molar-refractivity contribution in [3.05, 3.63) is 34.9 Å². The van der Waals surface area contributed by atoms with Gasteiger partial charge in [0.05, 0.1) is 0 Å². The van der Waals surface area contributed by atoms with E-state index in [4.69, 9.17) is 0 Å². The summed E-state index contributed by atoms with van der Waals surface area (Å²) in [6, 6.07) is 6.00. The molecule has 1 saturated carbocycles. The molecule has 1 aromatic carbocycles. The number of alkyl halides is 1. The minimum Gasteiger partial charge on any atom is -0.351 e. The van der Waals surface area contributed by atoms with E-state index in [1.807, 2.05) is 26.0 Å². The normalized spacial score (nSPS) is 17.4. The van der Waals surface area contributed by atoms with Crippen LogP contribution >= 0.6 is 15.9 Å². The molecule has 0 unspecified atom stereocenters. The van der Waals surface area contributed by atoms with Crippen LogP contribution in [0.15, 0.2) is 18.2 Å². The molecule has 2 nitrogen and oxygen atoms in total. The Morgan fingerprint density at radius 3 is 2.32 bits per heavy atom. The van der Waals surface area contributed by atoms with Crippen molar-refractivity contribution in [3.63, 3.8) is 0 Å². The fourth-order valence-corrected chi connectivity index (χ4v) is 3.72. The number of aryl methyl sites for hydroxylation is 2. The second-order valence-electron chi connectivity index (χ2n) is 5.90. The van der Waals surface area contributed by atoms with Crippen LogP contribution in [0.3, 0.4) is 0 Å². The summed E-state index contributed by atoms with van der Waals surface area (Å²) >= 11 is 3.61. The van der Waals surface area contributed by atoms with E-state index in [9.17, 15) is 4.79 Å². The Morgan fingerprint density at radius 1 is 1.21 bits per heavy atom. The molecule has 0 bridgehead atoms. The maximum absolute atomic E-state index is 12.2. The van der Waals surface area contributed by atoms with E-state index in [0.717, 1.165) is 28.6 Å². The fourth-order valence-electron chi connectivity index (χ4n) is 2.96. The molecule has 2 rings (SSSR count). The van der Waals surface area contributed by atoms with E-state index in [1.54, 1.807) is 0 Å². The van der Waals surface area contributed by atoms with Crippen LogP contribution in [0, 0.1) is 19.3 Å². The number of halogens is 1. The molecule has 1 fully saturated rings. The van der Waals surface area contributed by atoms with E-state index < -0.39 is 0 Å². The third-order valence-electron chi connectivity index (χ3n) is 4.06. The molecule has 0 spiro atoms. The molecular formula is C16H22BrNO. The summed E-state index contributed by atoms with van der Waals surface area (Å²) in [7, 11) is 0. The molecule has 1 amide bonds. The average Bonchev–Trinajstić information content (AvgIpc) is 2.84. The molecule has 0 saturated heterocycles. The SMILES string of the molecule is Cc1cc(C)cc(C(=O)NCC2(CBr)CCCC2)c1. The monoisotopic (exact) mass is 323 g/mol. The Hall–Kier alpha value is -0.830. The van der Waals surface area contributed by atoms with Gasteiger partial charge in [0.2, 0.25) is 0 Å². The standard InChI is InChI=1S/C16H22BrNO/c1-12-7-13(2)9-14(8-12)15(19)18-11-16(10-17)5-3-4-6-16/h7-9H,3-6,10-11H2,1-2H3,(H,18,19). The Labute approximate surface area is 124 Å². The third-order valence-corrected chi connectivity index (χ3v) is 5.25. The van der Waals surface area contributed by atoms with Crippen molar-refractivity contribution in [2.75, 3.05) is 11.9 Å². The highest BCUT2D eigenvalue weighted by atomic mass is 79.9. The van der Waals surface area contributed by atoms with Crippen molar-refractivity contribution in [2.45, 2.75) is 39.5 Å². The van der Waals surface area contributed by atoms with Gasteiger partial charge in [-0.2, -0.15) is 0 Å². The van der Waals surface area contributed by atoms with E-state index >= 15 is 0 Å². The predicted molar refractivity (Wildman–Crippen MR) is 82.9 cm³/mol. The number of hydrogen-bond donors (Lipinski definition) is 1. The zero-order chi connectivity index (χ0) is 13.9. The van der Waals surface area contributed by atoms with Crippen molar-refractivity contribution < 1.29 is 4.79 Å². The Kier molecular flexibility index (Phi) is 4.67. The van der Waals surface area contributed by atoms with Crippen molar-refractivity contribution in [3.8, 4) is 0 Å². The molecule has 1 aliphatic rings. The zero-order valence-electron chi connectivity index (χ0n) is 11.8. The summed E-state index contributed by atoms with van der Waals surface area (Å²) in [4.78, 5) is 12.2. The van der Waals surface area contributed by atoms with Crippen LogP contribution in [0.1, 0.15) is 47.2 Å². The summed E-state index contributed by atoms with van der Waals surface area (Å²) in [5.41, 5.74) is 3.33. The van der Waals surface area contributed by atoms with Gasteiger partial charge in [0.15, 0.2) is 0 Å². The van der Waals surface area contributed by atoms with Crippen LogP contribution in [-0.4, -0.2) is 17.8 Å². The molecule has 104 valence electrons. The molecule has 0 aromatic heterocycles. The quantitative estimate of drug-likeness (QED) is 0.834. The van der Waals surface area contributed by atoms with Crippen LogP contribution in [0.4, 0.5) is 0 Å². The molecule has 0 heterocycles. The molecule has 1 N–H and O–H groups in total. The molecule has 0 radical (unpaired) electrons. The molecule has 1 aliphatic carbocycles. The van der Waals surface area contributed by atoms with Crippen LogP contribution in [0.25, 0.3) is 0 Å². The largest absolute Gasteiger partial charge is 0.351 e. The Balaban J connectivity index is 2.01. The van der Waals surface area contributed by atoms with Gasteiger partial charge in [0.1, 0.15) is 0 Å². The molecule has 0 atom stereocenters. The molecular weight excluding hydrogens is 302 g/mol. The van der Waals surface area contributed by atoms with Gasteiger partial charge in [-0.25, -0.2) is 0 Å². The maximum atomic E-state index is 12.2. The highest BCUT2D eigenvalue weighted by Crippen LogP contribution is 2.38. The van der Waals surface area contributed by atoms with Gasteiger partial charge >= 0.3 is 0 Å². The predicted octanol–water partition coefficient (Wildman–Crippen LogP) is 3.99. The first-order chi connectivity index (χ1) is 9.04. The van der Waals surface area contributed by atoms with Gasteiger partial charge in [-0.1, -0.05) is 46.0 Å². The number of amides is 1. The number of rotatable bonds is 4. The van der Waals surface area contributed by atoms with E-state index in [1.165, 1.54) is 25.7 Å². The van der Waals surface area contributed by atoms with Crippen molar-refractivity contribution >= 4 is 21.8 Å². The summed E-state index contributed by atoms with van der Waals surface area (Å²) in [5, 5.41) is 4.10. The molecule has 0 aliphatic heterocycles.